The van der Waals surface area contributed by atoms with Crippen LogP contribution in [0.5, 0.6) is 0 Å². The van der Waals surface area contributed by atoms with Gasteiger partial charge in [0.2, 0.25) is 0 Å². The summed E-state index contributed by atoms with van der Waals surface area (Å²) in [4.78, 5) is 11.1. The molecule has 2 aromatic rings. The molecule has 0 amide bonds. The fourth-order valence-corrected chi connectivity index (χ4v) is 2.33. The van der Waals surface area contributed by atoms with E-state index in [0.29, 0.717) is 5.78 Å². The van der Waals surface area contributed by atoms with Gasteiger partial charge < -0.3 is 4.90 Å². The van der Waals surface area contributed by atoms with Crippen LogP contribution >= 0.6 is 11.8 Å². The van der Waals surface area contributed by atoms with Gasteiger partial charge in [0.1, 0.15) is 11.6 Å². The van der Waals surface area contributed by atoms with Crippen molar-refractivity contribution in [1.29, 1.82) is 0 Å². The van der Waals surface area contributed by atoms with Gasteiger partial charge in [-0.05, 0) is 27.0 Å². The van der Waals surface area contributed by atoms with E-state index in [-0.39, 0.29) is 0 Å². The van der Waals surface area contributed by atoms with Crippen LogP contribution in [0.3, 0.4) is 0 Å². The Morgan fingerprint density at radius 1 is 1.33 bits per heavy atom. The van der Waals surface area contributed by atoms with E-state index in [4.69, 9.17) is 0 Å². The summed E-state index contributed by atoms with van der Waals surface area (Å²) >= 11 is 1.85. The number of fused-ring (bicyclic) bond motifs is 1. The molecule has 0 unspecified atom stereocenters. The SMILES string of the molecule is CCN(CCSC)c1cc(C)nc2nc(C)nn12. The number of thioether (sulfide) groups is 1. The quantitative estimate of drug-likeness (QED) is 0.826. The molecule has 0 bridgehead atoms. The summed E-state index contributed by atoms with van der Waals surface area (Å²) in [7, 11) is 0. The van der Waals surface area contributed by atoms with Crippen LogP contribution in [0.15, 0.2) is 6.07 Å². The first-order chi connectivity index (χ1) is 8.65. The van der Waals surface area contributed by atoms with Crippen LogP contribution in [0.2, 0.25) is 0 Å². The average Bonchev–Trinajstić information content (AvgIpc) is 2.70. The van der Waals surface area contributed by atoms with Crippen molar-refractivity contribution in [2.24, 2.45) is 0 Å². The molecule has 5 nitrogen and oxygen atoms in total. The summed E-state index contributed by atoms with van der Waals surface area (Å²) in [6, 6.07) is 2.07. The van der Waals surface area contributed by atoms with Gasteiger partial charge in [0.05, 0.1) is 0 Å². The predicted octanol–water partition coefficient (Wildman–Crippen LogP) is 1.93. The van der Waals surface area contributed by atoms with Gasteiger partial charge in [-0.25, -0.2) is 4.98 Å². The van der Waals surface area contributed by atoms with Gasteiger partial charge >= 0.3 is 0 Å². The first-order valence-electron chi connectivity index (χ1n) is 6.10. The number of anilines is 1. The van der Waals surface area contributed by atoms with Gasteiger partial charge in [0.15, 0.2) is 0 Å². The van der Waals surface area contributed by atoms with Crippen LogP contribution in [-0.4, -0.2) is 44.7 Å². The summed E-state index contributed by atoms with van der Waals surface area (Å²) in [6.45, 7) is 8.01. The fraction of sp³-hybridized carbons (Fsp3) is 0.583. The molecule has 0 aliphatic rings. The molecule has 0 fully saturated rings. The number of aromatic nitrogens is 4. The normalized spacial score (nSPS) is 11.1. The van der Waals surface area contributed by atoms with Crippen LogP contribution in [-0.2, 0) is 0 Å². The topological polar surface area (TPSA) is 46.3 Å². The van der Waals surface area contributed by atoms with E-state index in [1.165, 1.54) is 0 Å². The summed E-state index contributed by atoms with van der Waals surface area (Å²) in [5, 5.41) is 4.43. The van der Waals surface area contributed by atoms with Crippen LogP contribution in [0, 0.1) is 13.8 Å². The van der Waals surface area contributed by atoms with Crippen molar-refractivity contribution in [3.05, 3.63) is 17.6 Å². The molecule has 2 aromatic heterocycles. The Morgan fingerprint density at radius 3 is 2.78 bits per heavy atom. The molecular weight excluding hydrogens is 246 g/mol. The smallest absolute Gasteiger partial charge is 0.254 e. The van der Waals surface area contributed by atoms with Crippen molar-refractivity contribution < 1.29 is 0 Å². The van der Waals surface area contributed by atoms with Gasteiger partial charge in [-0.15, -0.1) is 5.10 Å². The zero-order valence-electron chi connectivity index (χ0n) is 11.3. The molecule has 0 N–H and O–H groups in total. The summed E-state index contributed by atoms with van der Waals surface area (Å²) in [5.41, 5.74) is 0.979. The van der Waals surface area contributed by atoms with Crippen molar-refractivity contribution in [2.75, 3.05) is 30.0 Å². The average molecular weight is 265 g/mol. The van der Waals surface area contributed by atoms with Gasteiger partial charge in [0, 0.05) is 30.6 Å². The minimum atomic E-state index is 0.685. The highest BCUT2D eigenvalue weighted by atomic mass is 32.2. The summed E-state index contributed by atoms with van der Waals surface area (Å²) in [6.07, 6.45) is 2.13. The molecule has 18 heavy (non-hydrogen) atoms. The Hall–Kier alpha value is -1.30. The molecule has 0 aliphatic heterocycles. The second-order valence-electron chi connectivity index (χ2n) is 4.20. The van der Waals surface area contributed by atoms with Crippen LogP contribution in [0.25, 0.3) is 5.78 Å². The number of nitrogens with zero attached hydrogens (tertiary/aromatic N) is 5. The number of hydrogen-bond donors (Lipinski definition) is 0. The van der Waals surface area contributed by atoms with E-state index in [1.54, 1.807) is 0 Å². The third-order valence-corrected chi connectivity index (χ3v) is 3.39. The first-order valence-corrected chi connectivity index (χ1v) is 7.50. The van der Waals surface area contributed by atoms with E-state index in [0.717, 1.165) is 36.2 Å². The lowest BCUT2D eigenvalue weighted by molar-refractivity contribution is 0.796. The third kappa shape index (κ3) is 2.58. The third-order valence-electron chi connectivity index (χ3n) is 2.80. The van der Waals surface area contributed by atoms with Crippen LogP contribution < -0.4 is 4.90 Å². The van der Waals surface area contributed by atoms with Gasteiger partial charge in [-0.1, -0.05) is 0 Å². The minimum Gasteiger partial charge on any atom is -0.356 e. The zero-order valence-corrected chi connectivity index (χ0v) is 12.2. The van der Waals surface area contributed by atoms with Gasteiger partial charge in [0.25, 0.3) is 5.78 Å². The van der Waals surface area contributed by atoms with Crippen molar-refractivity contribution in [2.45, 2.75) is 20.8 Å². The molecule has 0 radical (unpaired) electrons. The van der Waals surface area contributed by atoms with Crippen molar-refractivity contribution in [3.8, 4) is 0 Å². The zero-order chi connectivity index (χ0) is 13.1. The summed E-state index contributed by atoms with van der Waals surface area (Å²) in [5.74, 6) is 3.62. The van der Waals surface area contributed by atoms with E-state index in [2.05, 4.69) is 39.2 Å². The molecule has 0 saturated heterocycles. The maximum absolute atomic E-state index is 4.43. The van der Waals surface area contributed by atoms with Crippen LogP contribution in [0.4, 0.5) is 5.82 Å². The van der Waals surface area contributed by atoms with Gasteiger partial charge in [-0.2, -0.15) is 21.3 Å². The molecule has 0 aromatic carbocycles. The lowest BCUT2D eigenvalue weighted by atomic mass is 10.4. The predicted molar refractivity (Wildman–Crippen MR) is 76.5 cm³/mol. The Bertz CT molecular complexity index is 536. The maximum Gasteiger partial charge on any atom is 0.254 e. The standard InChI is InChI=1S/C12H19N5S/c1-5-16(6-7-18-4)11-8-9(2)13-12-14-10(3)15-17(11)12/h8H,5-7H2,1-4H3. The van der Waals surface area contributed by atoms with E-state index in [9.17, 15) is 0 Å². The highest BCUT2D eigenvalue weighted by Crippen LogP contribution is 2.16. The number of aryl methyl sites for hydroxylation is 2. The van der Waals surface area contributed by atoms with E-state index < -0.39 is 0 Å². The Kier molecular flexibility index (Phi) is 4.06. The fourth-order valence-electron chi connectivity index (χ4n) is 1.93. The highest BCUT2D eigenvalue weighted by molar-refractivity contribution is 7.98. The Morgan fingerprint density at radius 2 is 2.11 bits per heavy atom. The van der Waals surface area contributed by atoms with E-state index >= 15 is 0 Å². The minimum absolute atomic E-state index is 0.685. The second-order valence-corrected chi connectivity index (χ2v) is 5.18. The molecule has 0 spiro atoms. The Balaban J connectivity index is 2.46. The lowest BCUT2D eigenvalue weighted by Gasteiger charge is -2.23. The first kappa shape index (κ1) is 13.1. The molecule has 6 heteroatoms. The molecule has 0 atom stereocenters. The highest BCUT2D eigenvalue weighted by Gasteiger charge is 2.12. The largest absolute Gasteiger partial charge is 0.356 e. The van der Waals surface area contributed by atoms with E-state index in [1.807, 2.05) is 30.1 Å². The molecule has 0 aliphatic carbocycles. The molecule has 98 valence electrons. The van der Waals surface area contributed by atoms with Gasteiger partial charge in [-0.3, -0.25) is 0 Å². The van der Waals surface area contributed by atoms with Crippen LogP contribution in [0.1, 0.15) is 18.4 Å². The van der Waals surface area contributed by atoms with Crippen molar-refractivity contribution in [1.82, 2.24) is 19.6 Å². The number of rotatable bonds is 5. The molecule has 0 saturated carbocycles. The Labute approximate surface area is 112 Å². The molecule has 2 heterocycles. The maximum atomic E-state index is 4.43. The lowest BCUT2D eigenvalue weighted by Crippen LogP contribution is -2.28. The summed E-state index contributed by atoms with van der Waals surface area (Å²) < 4.78 is 1.84. The molecular formula is C12H19N5S. The van der Waals surface area contributed by atoms with Crippen molar-refractivity contribution >= 4 is 23.4 Å². The van der Waals surface area contributed by atoms with Crippen molar-refractivity contribution in [3.63, 3.8) is 0 Å². The monoisotopic (exact) mass is 265 g/mol. The number of hydrogen-bond acceptors (Lipinski definition) is 5. The molecule has 2 rings (SSSR count). The second kappa shape index (κ2) is 5.56.